The summed E-state index contributed by atoms with van der Waals surface area (Å²) in [4.78, 5) is 12.2. The maximum absolute atomic E-state index is 12.8. The van der Waals surface area contributed by atoms with Gasteiger partial charge >= 0.3 is 10.1 Å². The van der Waals surface area contributed by atoms with Gasteiger partial charge in [-0.15, -0.1) is 0 Å². The molecule has 0 aliphatic rings. The molecular formula is C25H22N4O5S. The van der Waals surface area contributed by atoms with Crippen molar-refractivity contribution in [3.05, 3.63) is 102 Å². The largest absolute Gasteiger partial charge is 0.497 e. The van der Waals surface area contributed by atoms with Crippen LogP contribution in [0.25, 0.3) is 5.69 Å². The first kappa shape index (κ1) is 23.7. The first-order chi connectivity index (χ1) is 16.9. The molecule has 0 aliphatic heterocycles. The van der Waals surface area contributed by atoms with Gasteiger partial charge in [0.15, 0.2) is 5.75 Å². The minimum absolute atomic E-state index is 0.00765. The van der Waals surface area contributed by atoms with Crippen LogP contribution >= 0.6 is 0 Å². The van der Waals surface area contributed by atoms with E-state index in [-0.39, 0.29) is 23.0 Å². The molecule has 0 saturated carbocycles. The molecule has 178 valence electrons. The molecule has 4 aromatic rings. The molecule has 1 aromatic heterocycles. The number of benzene rings is 3. The number of hydrazone groups is 1. The molecule has 1 N–H and O–H groups in total. The molecule has 0 fully saturated rings. The van der Waals surface area contributed by atoms with Gasteiger partial charge < -0.3 is 8.92 Å². The second kappa shape index (κ2) is 10.7. The molecule has 0 bridgehead atoms. The molecule has 0 aliphatic carbocycles. The number of para-hydroxylation sites is 1. The minimum Gasteiger partial charge on any atom is -0.497 e. The van der Waals surface area contributed by atoms with Gasteiger partial charge in [0.1, 0.15) is 10.6 Å². The molecule has 0 spiro atoms. The van der Waals surface area contributed by atoms with E-state index < -0.39 is 10.1 Å². The van der Waals surface area contributed by atoms with E-state index in [9.17, 15) is 13.2 Å². The standard InChI is InChI=1S/C25H22N4O5S/c1-33-22-8-4-6-19(16-22)17-25(30)28-26-18-20-7-2-3-9-24(20)34-35(31,32)23-12-10-21(11-13-23)29-15-5-14-27-29/h2-16,18H,17H2,1H3,(H,28,30)/b26-18+. The molecule has 9 nitrogen and oxygen atoms in total. The molecule has 0 atom stereocenters. The van der Waals surface area contributed by atoms with Gasteiger partial charge in [-0.1, -0.05) is 24.3 Å². The van der Waals surface area contributed by atoms with Crippen molar-refractivity contribution in [1.29, 1.82) is 0 Å². The molecule has 0 unspecified atom stereocenters. The van der Waals surface area contributed by atoms with Gasteiger partial charge in [-0.05, 0) is 60.2 Å². The predicted molar refractivity (Wildman–Crippen MR) is 130 cm³/mol. The summed E-state index contributed by atoms with van der Waals surface area (Å²) in [7, 11) is -2.55. The fourth-order valence-corrected chi connectivity index (χ4v) is 4.15. The minimum atomic E-state index is -4.10. The topological polar surface area (TPSA) is 112 Å². The van der Waals surface area contributed by atoms with Crippen molar-refractivity contribution in [2.45, 2.75) is 11.3 Å². The summed E-state index contributed by atoms with van der Waals surface area (Å²) in [5.74, 6) is 0.398. The van der Waals surface area contributed by atoms with Crippen molar-refractivity contribution in [3.8, 4) is 17.2 Å². The number of rotatable bonds is 9. The summed E-state index contributed by atoms with van der Waals surface area (Å²) in [6.07, 6.45) is 4.82. The van der Waals surface area contributed by atoms with Crippen LogP contribution in [0.4, 0.5) is 0 Å². The number of carbonyl (C=O) groups is 1. The summed E-state index contributed by atoms with van der Waals surface area (Å²) in [6, 6.07) is 21.6. The van der Waals surface area contributed by atoms with Crippen LogP contribution in [0.2, 0.25) is 0 Å². The fourth-order valence-electron chi connectivity index (χ4n) is 3.20. The highest BCUT2D eigenvalue weighted by Crippen LogP contribution is 2.22. The third-order valence-electron chi connectivity index (χ3n) is 4.90. The van der Waals surface area contributed by atoms with Crippen molar-refractivity contribution < 1.29 is 22.1 Å². The van der Waals surface area contributed by atoms with E-state index in [1.54, 1.807) is 84.8 Å². The molecule has 0 radical (unpaired) electrons. The lowest BCUT2D eigenvalue weighted by atomic mass is 10.1. The van der Waals surface area contributed by atoms with Crippen LogP contribution in [0.1, 0.15) is 11.1 Å². The normalized spacial score (nSPS) is 11.3. The molecule has 3 aromatic carbocycles. The number of nitrogens with one attached hydrogen (secondary N) is 1. The quantitative estimate of drug-likeness (QED) is 0.219. The molecule has 4 rings (SSSR count). The SMILES string of the molecule is COc1cccc(CC(=O)N/N=C/c2ccccc2OS(=O)(=O)c2ccc(-n3cccn3)cc2)c1. The third kappa shape index (κ3) is 6.12. The predicted octanol–water partition coefficient (Wildman–Crippen LogP) is 3.34. The molecule has 0 saturated heterocycles. The number of nitrogens with zero attached hydrogens (tertiary/aromatic N) is 3. The average molecular weight is 491 g/mol. The zero-order chi connectivity index (χ0) is 24.7. The van der Waals surface area contributed by atoms with E-state index in [1.165, 1.54) is 24.4 Å². The summed E-state index contributed by atoms with van der Waals surface area (Å²) >= 11 is 0. The average Bonchev–Trinajstić information content (AvgIpc) is 3.40. The van der Waals surface area contributed by atoms with Crippen LogP contribution in [0.3, 0.4) is 0 Å². The zero-order valence-electron chi connectivity index (χ0n) is 18.7. The Morgan fingerprint density at radius 2 is 1.86 bits per heavy atom. The van der Waals surface area contributed by atoms with E-state index in [0.29, 0.717) is 17.0 Å². The van der Waals surface area contributed by atoms with Gasteiger partial charge in [-0.3, -0.25) is 4.79 Å². The second-order valence-electron chi connectivity index (χ2n) is 7.34. The Kier molecular flexibility index (Phi) is 7.22. The Balaban J connectivity index is 1.42. The summed E-state index contributed by atoms with van der Waals surface area (Å²) in [6.45, 7) is 0. The third-order valence-corrected chi connectivity index (χ3v) is 6.15. The van der Waals surface area contributed by atoms with E-state index in [4.69, 9.17) is 8.92 Å². The Morgan fingerprint density at radius 3 is 2.60 bits per heavy atom. The Labute approximate surface area is 202 Å². The van der Waals surface area contributed by atoms with Gasteiger partial charge in [0.2, 0.25) is 5.91 Å². The molecule has 10 heteroatoms. The lowest BCUT2D eigenvalue weighted by Gasteiger charge is -2.10. The van der Waals surface area contributed by atoms with Crippen molar-refractivity contribution in [2.75, 3.05) is 7.11 Å². The zero-order valence-corrected chi connectivity index (χ0v) is 19.6. The smallest absolute Gasteiger partial charge is 0.339 e. The second-order valence-corrected chi connectivity index (χ2v) is 8.89. The lowest BCUT2D eigenvalue weighted by molar-refractivity contribution is -0.120. The summed E-state index contributed by atoms with van der Waals surface area (Å²) in [5, 5.41) is 8.06. The highest BCUT2D eigenvalue weighted by molar-refractivity contribution is 7.87. The lowest BCUT2D eigenvalue weighted by Crippen LogP contribution is -2.20. The summed E-state index contributed by atoms with van der Waals surface area (Å²) < 4.78 is 37.8. The van der Waals surface area contributed by atoms with Crippen molar-refractivity contribution >= 4 is 22.2 Å². The van der Waals surface area contributed by atoms with Gasteiger partial charge in [0.05, 0.1) is 25.4 Å². The fraction of sp³-hybridized carbons (Fsp3) is 0.0800. The molecule has 1 amide bonds. The highest BCUT2D eigenvalue weighted by atomic mass is 32.2. The first-order valence-electron chi connectivity index (χ1n) is 10.5. The van der Waals surface area contributed by atoms with Crippen LogP contribution < -0.4 is 14.3 Å². The number of aromatic nitrogens is 2. The van der Waals surface area contributed by atoms with Crippen LogP contribution in [-0.2, 0) is 21.3 Å². The maximum atomic E-state index is 12.8. The van der Waals surface area contributed by atoms with Gasteiger partial charge in [0, 0.05) is 18.0 Å². The molecule has 35 heavy (non-hydrogen) atoms. The maximum Gasteiger partial charge on any atom is 0.339 e. The van der Waals surface area contributed by atoms with E-state index in [1.807, 2.05) is 0 Å². The van der Waals surface area contributed by atoms with E-state index in [2.05, 4.69) is 15.6 Å². The van der Waals surface area contributed by atoms with Crippen molar-refractivity contribution in [3.63, 3.8) is 0 Å². The van der Waals surface area contributed by atoms with E-state index >= 15 is 0 Å². The van der Waals surface area contributed by atoms with Crippen molar-refractivity contribution in [2.24, 2.45) is 5.10 Å². The monoisotopic (exact) mass is 490 g/mol. The Hall–Kier alpha value is -4.44. The van der Waals surface area contributed by atoms with Gasteiger partial charge in [-0.2, -0.15) is 18.6 Å². The first-order valence-corrected chi connectivity index (χ1v) is 11.9. The molecular weight excluding hydrogens is 468 g/mol. The van der Waals surface area contributed by atoms with Crippen LogP contribution in [-0.4, -0.2) is 37.4 Å². The Bertz CT molecular complexity index is 1430. The Morgan fingerprint density at radius 1 is 1.06 bits per heavy atom. The highest BCUT2D eigenvalue weighted by Gasteiger charge is 2.18. The number of carbonyl (C=O) groups excluding carboxylic acids is 1. The van der Waals surface area contributed by atoms with Gasteiger partial charge in [0.25, 0.3) is 0 Å². The van der Waals surface area contributed by atoms with Crippen molar-refractivity contribution in [1.82, 2.24) is 15.2 Å². The number of methoxy groups -OCH3 is 1. The molecule has 1 heterocycles. The summed E-state index contributed by atoms with van der Waals surface area (Å²) in [5.41, 5.74) is 4.30. The number of hydrogen-bond acceptors (Lipinski definition) is 7. The number of amides is 1. The van der Waals surface area contributed by atoms with Crippen LogP contribution in [0.5, 0.6) is 11.5 Å². The number of ether oxygens (including phenoxy) is 1. The number of hydrogen-bond donors (Lipinski definition) is 1. The van der Waals surface area contributed by atoms with Crippen LogP contribution in [0.15, 0.2) is 101 Å². The van der Waals surface area contributed by atoms with E-state index in [0.717, 1.165) is 5.56 Å². The van der Waals surface area contributed by atoms with Gasteiger partial charge in [-0.25, -0.2) is 10.1 Å². The van der Waals surface area contributed by atoms with Crippen LogP contribution in [0, 0.1) is 0 Å².